The van der Waals surface area contributed by atoms with Crippen LogP contribution >= 0.6 is 11.6 Å². The van der Waals surface area contributed by atoms with Gasteiger partial charge in [0.2, 0.25) is 10.0 Å². The largest absolute Gasteiger partial charge is 0.497 e. The van der Waals surface area contributed by atoms with Gasteiger partial charge in [0.1, 0.15) is 17.5 Å². The summed E-state index contributed by atoms with van der Waals surface area (Å²) in [6.45, 7) is -0.385. The summed E-state index contributed by atoms with van der Waals surface area (Å²) in [5.41, 5.74) is 0.398. The zero-order chi connectivity index (χ0) is 23.3. The third kappa shape index (κ3) is 5.50. The van der Waals surface area contributed by atoms with Crippen LogP contribution in [0.5, 0.6) is 11.5 Å². The average molecular weight is 483 g/mol. The highest BCUT2D eigenvalue weighted by Crippen LogP contribution is 2.28. The molecule has 3 rings (SSSR count). The van der Waals surface area contributed by atoms with E-state index >= 15 is 0 Å². The number of ether oxygens (including phenoxy) is 3. The first-order valence-electron chi connectivity index (χ1n) is 9.71. The Bertz CT molecular complexity index is 1070. The molecule has 32 heavy (non-hydrogen) atoms. The lowest BCUT2D eigenvalue weighted by molar-refractivity contribution is -0.150. The van der Waals surface area contributed by atoms with Gasteiger partial charge in [-0.1, -0.05) is 11.6 Å². The summed E-state index contributed by atoms with van der Waals surface area (Å²) in [4.78, 5) is 24.9. The molecule has 0 spiro atoms. The summed E-state index contributed by atoms with van der Waals surface area (Å²) in [7, 11) is -0.947. The first-order chi connectivity index (χ1) is 15.2. The number of anilines is 1. The van der Waals surface area contributed by atoms with E-state index < -0.39 is 34.5 Å². The second kappa shape index (κ2) is 10.2. The molecule has 1 aliphatic heterocycles. The van der Waals surface area contributed by atoms with Gasteiger partial charge in [0, 0.05) is 35.5 Å². The molecule has 1 aliphatic rings. The van der Waals surface area contributed by atoms with E-state index in [2.05, 4.69) is 5.32 Å². The van der Waals surface area contributed by atoms with E-state index in [-0.39, 0.29) is 11.4 Å². The van der Waals surface area contributed by atoms with Crippen LogP contribution in [-0.4, -0.2) is 58.0 Å². The number of carbonyl (C=O) groups excluding carboxylic acids is 2. The normalized spacial score (nSPS) is 16.4. The summed E-state index contributed by atoms with van der Waals surface area (Å²) >= 11 is 5.83. The second-order valence-corrected chi connectivity index (χ2v) is 9.31. The standard InChI is InChI=1S/C21H23ClN2O7S/c1-29-16-10-15(11-17(12-16)30-2)23-20(25)13-31-21(26)19-4-3-9-24(19)32(27,28)18-7-5-14(22)6-8-18/h5-8,10-12,19H,3-4,9,13H2,1-2H3,(H,23,25). The molecule has 0 bridgehead atoms. The number of hydrogen-bond acceptors (Lipinski definition) is 7. The fourth-order valence-electron chi connectivity index (χ4n) is 3.31. The van der Waals surface area contributed by atoms with Crippen molar-refractivity contribution in [3.05, 3.63) is 47.5 Å². The van der Waals surface area contributed by atoms with E-state index in [1.807, 2.05) is 0 Å². The highest BCUT2D eigenvalue weighted by Gasteiger charge is 2.40. The summed E-state index contributed by atoms with van der Waals surface area (Å²) < 4.78 is 42.4. The molecule has 1 unspecified atom stereocenters. The summed E-state index contributed by atoms with van der Waals surface area (Å²) in [5.74, 6) is -0.409. The van der Waals surface area contributed by atoms with Crippen molar-refractivity contribution in [3.8, 4) is 11.5 Å². The summed E-state index contributed by atoms with van der Waals surface area (Å²) in [6.07, 6.45) is 0.808. The Hall–Kier alpha value is -2.82. The fraction of sp³-hybridized carbons (Fsp3) is 0.333. The Kier molecular flexibility index (Phi) is 7.60. The van der Waals surface area contributed by atoms with Crippen LogP contribution in [0.15, 0.2) is 47.4 Å². The molecule has 0 aromatic heterocycles. The van der Waals surface area contributed by atoms with E-state index in [0.29, 0.717) is 35.1 Å². The minimum absolute atomic E-state index is 0.0336. The van der Waals surface area contributed by atoms with Crippen molar-refractivity contribution >= 4 is 39.2 Å². The van der Waals surface area contributed by atoms with Crippen molar-refractivity contribution in [2.75, 3.05) is 32.7 Å². The molecule has 0 radical (unpaired) electrons. The van der Waals surface area contributed by atoms with E-state index in [1.54, 1.807) is 18.2 Å². The third-order valence-corrected chi connectivity index (χ3v) is 7.05. The number of nitrogens with one attached hydrogen (secondary N) is 1. The molecule has 1 amide bonds. The van der Waals surface area contributed by atoms with Crippen LogP contribution in [0.25, 0.3) is 0 Å². The Morgan fingerprint density at radius 2 is 1.72 bits per heavy atom. The maximum absolute atomic E-state index is 12.9. The van der Waals surface area contributed by atoms with E-state index in [9.17, 15) is 18.0 Å². The van der Waals surface area contributed by atoms with Crippen molar-refractivity contribution in [3.63, 3.8) is 0 Å². The predicted octanol–water partition coefficient (Wildman–Crippen LogP) is 2.69. The molecule has 9 nitrogen and oxygen atoms in total. The minimum atomic E-state index is -3.91. The van der Waals surface area contributed by atoms with E-state index in [4.69, 9.17) is 25.8 Å². The number of hydrogen-bond donors (Lipinski definition) is 1. The zero-order valence-electron chi connectivity index (χ0n) is 17.5. The highest BCUT2D eigenvalue weighted by atomic mass is 35.5. The topological polar surface area (TPSA) is 111 Å². The number of nitrogens with zero attached hydrogens (tertiary/aromatic N) is 1. The number of halogens is 1. The van der Waals surface area contributed by atoms with Gasteiger partial charge in [0.05, 0.1) is 19.1 Å². The van der Waals surface area contributed by atoms with Crippen LogP contribution in [-0.2, 0) is 24.3 Å². The van der Waals surface area contributed by atoms with Crippen molar-refractivity contribution < 1.29 is 32.2 Å². The maximum Gasteiger partial charge on any atom is 0.324 e. The van der Waals surface area contributed by atoms with Crippen LogP contribution in [0.3, 0.4) is 0 Å². The van der Waals surface area contributed by atoms with Crippen molar-refractivity contribution in [1.82, 2.24) is 4.31 Å². The monoisotopic (exact) mass is 482 g/mol. The van der Waals surface area contributed by atoms with Crippen molar-refractivity contribution in [1.29, 1.82) is 0 Å². The zero-order valence-corrected chi connectivity index (χ0v) is 19.1. The van der Waals surface area contributed by atoms with Gasteiger partial charge < -0.3 is 19.5 Å². The first kappa shape index (κ1) is 23.8. The Balaban J connectivity index is 1.63. The second-order valence-electron chi connectivity index (χ2n) is 6.98. The molecule has 1 fully saturated rings. The van der Waals surface area contributed by atoms with E-state index in [0.717, 1.165) is 4.31 Å². The van der Waals surface area contributed by atoms with Gasteiger partial charge in [-0.25, -0.2) is 8.42 Å². The molecule has 172 valence electrons. The molecule has 1 saturated heterocycles. The fourth-order valence-corrected chi connectivity index (χ4v) is 5.09. The number of sulfonamides is 1. The number of amides is 1. The average Bonchev–Trinajstić information content (AvgIpc) is 3.28. The lowest BCUT2D eigenvalue weighted by atomic mass is 10.2. The van der Waals surface area contributed by atoms with Crippen LogP contribution in [0.1, 0.15) is 12.8 Å². The van der Waals surface area contributed by atoms with Crippen LogP contribution in [0.2, 0.25) is 5.02 Å². The molecule has 0 saturated carbocycles. The Morgan fingerprint density at radius 3 is 2.31 bits per heavy atom. The van der Waals surface area contributed by atoms with Crippen molar-refractivity contribution in [2.45, 2.75) is 23.8 Å². The quantitative estimate of drug-likeness (QED) is 0.576. The van der Waals surface area contributed by atoms with Crippen LogP contribution in [0, 0.1) is 0 Å². The molecule has 1 N–H and O–H groups in total. The highest BCUT2D eigenvalue weighted by molar-refractivity contribution is 7.89. The molecule has 0 aliphatic carbocycles. The SMILES string of the molecule is COc1cc(NC(=O)COC(=O)C2CCCN2S(=O)(=O)c2ccc(Cl)cc2)cc(OC)c1. The molecular formula is C21H23ClN2O7S. The number of esters is 1. The van der Waals surface area contributed by atoms with Crippen LogP contribution in [0.4, 0.5) is 5.69 Å². The van der Waals surface area contributed by atoms with Crippen LogP contribution < -0.4 is 14.8 Å². The van der Waals surface area contributed by atoms with Gasteiger partial charge in [-0.15, -0.1) is 0 Å². The molecular weight excluding hydrogens is 460 g/mol. The van der Waals surface area contributed by atoms with Gasteiger partial charge >= 0.3 is 5.97 Å². The number of rotatable bonds is 8. The number of benzene rings is 2. The molecule has 2 aromatic carbocycles. The van der Waals surface area contributed by atoms with Gasteiger partial charge in [-0.3, -0.25) is 9.59 Å². The Morgan fingerprint density at radius 1 is 1.09 bits per heavy atom. The maximum atomic E-state index is 12.9. The first-order valence-corrected chi connectivity index (χ1v) is 11.5. The number of carbonyl (C=O) groups is 2. The number of methoxy groups -OCH3 is 2. The summed E-state index contributed by atoms with van der Waals surface area (Å²) in [5, 5.41) is 2.99. The van der Waals surface area contributed by atoms with Gasteiger partial charge in [0.15, 0.2) is 6.61 Å². The van der Waals surface area contributed by atoms with Gasteiger partial charge in [-0.2, -0.15) is 4.31 Å². The van der Waals surface area contributed by atoms with Gasteiger partial charge in [0.25, 0.3) is 5.91 Å². The molecule has 11 heteroatoms. The smallest absolute Gasteiger partial charge is 0.324 e. The third-order valence-electron chi connectivity index (χ3n) is 4.88. The minimum Gasteiger partial charge on any atom is -0.497 e. The van der Waals surface area contributed by atoms with Gasteiger partial charge in [-0.05, 0) is 37.1 Å². The lowest BCUT2D eigenvalue weighted by Crippen LogP contribution is -2.42. The molecule has 2 aromatic rings. The Labute approximate surface area is 191 Å². The molecule has 1 atom stereocenters. The summed E-state index contributed by atoms with van der Waals surface area (Å²) in [6, 6.07) is 9.51. The lowest BCUT2D eigenvalue weighted by Gasteiger charge is -2.22. The molecule has 1 heterocycles. The van der Waals surface area contributed by atoms with Crippen molar-refractivity contribution in [2.24, 2.45) is 0 Å². The van der Waals surface area contributed by atoms with E-state index in [1.165, 1.54) is 38.5 Å². The predicted molar refractivity (Wildman–Crippen MR) is 118 cm³/mol.